The maximum absolute atomic E-state index is 11.7. The van der Waals surface area contributed by atoms with Gasteiger partial charge in [0.15, 0.2) is 0 Å². The van der Waals surface area contributed by atoms with E-state index in [9.17, 15) is 4.79 Å². The molecule has 1 N–H and O–H groups in total. The smallest absolute Gasteiger partial charge is 0.254 e. The quantitative estimate of drug-likeness (QED) is 0.696. The highest BCUT2D eigenvalue weighted by atomic mass is 16.5. The number of nitrogens with zero attached hydrogens (tertiary/aromatic N) is 1. The van der Waals surface area contributed by atoms with Gasteiger partial charge in [-0.05, 0) is 39.7 Å². The van der Waals surface area contributed by atoms with Gasteiger partial charge in [0.1, 0.15) is 12.3 Å². The molecule has 1 spiro atoms. The summed E-state index contributed by atoms with van der Waals surface area (Å²) in [7, 11) is 0. The number of carbonyl (C=O) groups excluding carboxylic acids is 1. The standard InChI is InChI=1S/C11H20N2O2/c1-9(2)13-6-3-4-11(5-7-13)10(14)12-8-15-11/h9H,3-8H2,1-2H3,(H,12,14). The second-order valence-corrected chi connectivity index (χ2v) is 4.77. The molecule has 1 amide bonds. The van der Waals surface area contributed by atoms with E-state index in [1.54, 1.807) is 0 Å². The molecule has 4 nitrogen and oxygen atoms in total. The molecule has 0 aliphatic carbocycles. The first-order chi connectivity index (χ1) is 7.14. The van der Waals surface area contributed by atoms with Crippen molar-refractivity contribution in [3.05, 3.63) is 0 Å². The molecular formula is C11H20N2O2. The Morgan fingerprint density at radius 3 is 2.80 bits per heavy atom. The van der Waals surface area contributed by atoms with Crippen LogP contribution in [0.3, 0.4) is 0 Å². The molecule has 1 atom stereocenters. The lowest BCUT2D eigenvalue weighted by Gasteiger charge is -2.26. The van der Waals surface area contributed by atoms with Gasteiger partial charge in [0.25, 0.3) is 5.91 Å². The van der Waals surface area contributed by atoms with Gasteiger partial charge < -0.3 is 15.0 Å². The zero-order chi connectivity index (χ0) is 10.9. The van der Waals surface area contributed by atoms with Crippen LogP contribution in [-0.4, -0.2) is 42.3 Å². The second-order valence-electron chi connectivity index (χ2n) is 4.77. The molecule has 0 aromatic carbocycles. The van der Waals surface area contributed by atoms with Crippen molar-refractivity contribution in [1.29, 1.82) is 0 Å². The van der Waals surface area contributed by atoms with E-state index in [-0.39, 0.29) is 5.91 Å². The number of ether oxygens (including phenoxy) is 1. The summed E-state index contributed by atoms with van der Waals surface area (Å²) >= 11 is 0. The molecule has 15 heavy (non-hydrogen) atoms. The molecule has 2 saturated heterocycles. The minimum Gasteiger partial charge on any atom is -0.345 e. The molecule has 0 radical (unpaired) electrons. The second kappa shape index (κ2) is 4.10. The molecule has 1 unspecified atom stereocenters. The Kier molecular flexibility index (Phi) is 2.98. The third-order valence-corrected chi connectivity index (χ3v) is 3.55. The number of amides is 1. The van der Waals surface area contributed by atoms with Gasteiger partial charge in [-0.2, -0.15) is 0 Å². The Bertz CT molecular complexity index is 255. The van der Waals surface area contributed by atoms with E-state index in [4.69, 9.17) is 4.74 Å². The van der Waals surface area contributed by atoms with Gasteiger partial charge in [-0.25, -0.2) is 0 Å². The van der Waals surface area contributed by atoms with Crippen LogP contribution in [0.4, 0.5) is 0 Å². The summed E-state index contributed by atoms with van der Waals surface area (Å²) in [5.41, 5.74) is -0.510. The highest BCUT2D eigenvalue weighted by Crippen LogP contribution is 2.29. The lowest BCUT2D eigenvalue weighted by molar-refractivity contribution is -0.133. The summed E-state index contributed by atoms with van der Waals surface area (Å²) in [6.07, 6.45) is 2.74. The van der Waals surface area contributed by atoms with Crippen molar-refractivity contribution >= 4 is 5.91 Å². The highest BCUT2D eigenvalue weighted by molar-refractivity contribution is 5.86. The number of nitrogens with one attached hydrogen (secondary N) is 1. The summed E-state index contributed by atoms with van der Waals surface area (Å²) in [6.45, 7) is 6.84. The predicted octanol–water partition coefficient (Wildman–Crippen LogP) is 0.723. The van der Waals surface area contributed by atoms with Gasteiger partial charge in [0, 0.05) is 12.6 Å². The van der Waals surface area contributed by atoms with Gasteiger partial charge in [-0.3, -0.25) is 4.79 Å². The number of carbonyl (C=O) groups is 1. The fraction of sp³-hybridized carbons (Fsp3) is 0.909. The first-order valence-corrected chi connectivity index (χ1v) is 5.80. The third kappa shape index (κ3) is 2.01. The van der Waals surface area contributed by atoms with Crippen molar-refractivity contribution < 1.29 is 9.53 Å². The average molecular weight is 212 g/mol. The minimum absolute atomic E-state index is 0.0908. The van der Waals surface area contributed by atoms with Crippen LogP contribution < -0.4 is 5.32 Å². The average Bonchev–Trinajstić information content (AvgIpc) is 2.44. The normalized spacial score (nSPS) is 33.4. The molecular weight excluding hydrogens is 192 g/mol. The first-order valence-electron chi connectivity index (χ1n) is 5.80. The maximum atomic E-state index is 11.7. The van der Waals surface area contributed by atoms with E-state index >= 15 is 0 Å². The fourth-order valence-electron chi connectivity index (χ4n) is 2.48. The molecule has 2 rings (SSSR count). The summed E-state index contributed by atoms with van der Waals surface area (Å²) in [5.74, 6) is 0.0908. The lowest BCUT2D eigenvalue weighted by atomic mass is 9.94. The zero-order valence-corrected chi connectivity index (χ0v) is 9.58. The van der Waals surface area contributed by atoms with Crippen molar-refractivity contribution in [1.82, 2.24) is 10.2 Å². The molecule has 2 aliphatic heterocycles. The predicted molar refractivity (Wildman–Crippen MR) is 57.4 cm³/mol. The first kappa shape index (κ1) is 10.9. The molecule has 2 heterocycles. The maximum Gasteiger partial charge on any atom is 0.254 e. The number of rotatable bonds is 1. The molecule has 0 bridgehead atoms. The monoisotopic (exact) mass is 212 g/mol. The Hall–Kier alpha value is -0.610. The van der Waals surface area contributed by atoms with E-state index in [0.29, 0.717) is 12.8 Å². The van der Waals surface area contributed by atoms with E-state index in [1.807, 2.05) is 0 Å². The van der Waals surface area contributed by atoms with Crippen LogP contribution >= 0.6 is 0 Å². The fourth-order valence-corrected chi connectivity index (χ4v) is 2.48. The van der Waals surface area contributed by atoms with Crippen LogP contribution in [-0.2, 0) is 9.53 Å². The van der Waals surface area contributed by atoms with Crippen LogP contribution in [0, 0.1) is 0 Å². The van der Waals surface area contributed by atoms with Gasteiger partial charge in [-0.15, -0.1) is 0 Å². The zero-order valence-electron chi connectivity index (χ0n) is 9.58. The van der Waals surface area contributed by atoms with Crippen molar-refractivity contribution in [2.45, 2.75) is 44.8 Å². The third-order valence-electron chi connectivity index (χ3n) is 3.55. The molecule has 0 aromatic rings. The molecule has 86 valence electrons. The van der Waals surface area contributed by atoms with E-state index < -0.39 is 5.60 Å². The van der Waals surface area contributed by atoms with E-state index in [1.165, 1.54) is 0 Å². The molecule has 0 aromatic heterocycles. The molecule has 0 saturated carbocycles. The highest BCUT2D eigenvalue weighted by Gasteiger charge is 2.44. The van der Waals surface area contributed by atoms with Crippen LogP contribution in [0.25, 0.3) is 0 Å². The Morgan fingerprint density at radius 2 is 2.20 bits per heavy atom. The van der Waals surface area contributed by atoms with Gasteiger partial charge in [-0.1, -0.05) is 0 Å². The largest absolute Gasteiger partial charge is 0.345 e. The number of hydrogen-bond donors (Lipinski definition) is 1. The SMILES string of the molecule is CC(C)N1CCCC2(CC1)OCNC2=O. The van der Waals surface area contributed by atoms with Crippen LogP contribution in [0.2, 0.25) is 0 Å². The topological polar surface area (TPSA) is 41.6 Å². The van der Waals surface area contributed by atoms with Crippen molar-refractivity contribution in [2.75, 3.05) is 19.8 Å². The summed E-state index contributed by atoms with van der Waals surface area (Å²) < 4.78 is 5.61. The summed E-state index contributed by atoms with van der Waals surface area (Å²) in [6, 6.07) is 0.560. The number of hydrogen-bond acceptors (Lipinski definition) is 3. The van der Waals surface area contributed by atoms with Crippen molar-refractivity contribution in [3.63, 3.8) is 0 Å². The van der Waals surface area contributed by atoms with Crippen LogP contribution in [0.15, 0.2) is 0 Å². The number of likely N-dealkylation sites (tertiary alicyclic amines) is 1. The summed E-state index contributed by atoms with van der Waals surface area (Å²) in [4.78, 5) is 14.1. The molecule has 4 heteroatoms. The van der Waals surface area contributed by atoms with Gasteiger partial charge >= 0.3 is 0 Å². The van der Waals surface area contributed by atoms with Crippen molar-refractivity contribution in [3.8, 4) is 0 Å². The van der Waals surface area contributed by atoms with E-state index in [0.717, 1.165) is 32.4 Å². The minimum atomic E-state index is -0.510. The van der Waals surface area contributed by atoms with Crippen LogP contribution in [0.1, 0.15) is 33.1 Å². The molecule has 2 fully saturated rings. The Morgan fingerprint density at radius 1 is 1.40 bits per heavy atom. The summed E-state index contributed by atoms with van der Waals surface area (Å²) in [5, 5.41) is 2.77. The van der Waals surface area contributed by atoms with Gasteiger partial charge in [0.2, 0.25) is 0 Å². The van der Waals surface area contributed by atoms with Crippen molar-refractivity contribution in [2.24, 2.45) is 0 Å². The Balaban J connectivity index is 2.03. The van der Waals surface area contributed by atoms with E-state index in [2.05, 4.69) is 24.1 Å². The Labute approximate surface area is 91.0 Å². The van der Waals surface area contributed by atoms with Gasteiger partial charge in [0.05, 0.1) is 0 Å². The molecule has 2 aliphatic rings. The van der Waals surface area contributed by atoms with Crippen LogP contribution in [0.5, 0.6) is 0 Å². The lowest BCUT2D eigenvalue weighted by Crippen LogP contribution is -2.40.